The molecule has 1 saturated heterocycles. The van der Waals surface area contributed by atoms with Crippen molar-refractivity contribution < 1.29 is 13.6 Å². The number of hydrogen-bond donors (Lipinski definition) is 0. The van der Waals surface area contributed by atoms with Crippen molar-refractivity contribution in [3.63, 3.8) is 0 Å². The molecule has 4 rings (SSSR count). The average Bonchev–Trinajstić information content (AvgIpc) is 2.83. The van der Waals surface area contributed by atoms with Crippen LogP contribution in [0.4, 0.5) is 8.78 Å². The van der Waals surface area contributed by atoms with Crippen LogP contribution in [0.5, 0.6) is 0 Å². The Morgan fingerprint density at radius 2 is 1.25 bits per heavy atom. The van der Waals surface area contributed by atoms with Crippen LogP contribution >= 0.6 is 0 Å². The molecule has 1 amide bonds. The van der Waals surface area contributed by atoms with E-state index >= 15 is 0 Å². The molecule has 166 valence electrons. The lowest BCUT2D eigenvalue weighted by Gasteiger charge is -2.40. The fraction of sp³-hybridized carbons (Fsp3) is 0.296. The molecule has 0 radical (unpaired) electrons. The number of nitrogens with zero attached hydrogens (tertiary/aromatic N) is 2. The summed E-state index contributed by atoms with van der Waals surface area (Å²) < 4.78 is 27.1. The maximum absolute atomic E-state index is 13.5. The number of rotatable bonds is 6. The van der Waals surface area contributed by atoms with E-state index in [0.717, 1.165) is 23.1 Å². The Bertz CT molecular complexity index is 968. The monoisotopic (exact) mass is 434 g/mol. The van der Waals surface area contributed by atoms with E-state index in [9.17, 15) is 13.6 Å². The van der Waals surface area contributed by atoms with Gasteiger partial charge in [0.05, 0.1) is 12.0 Å². The SMILES string of the molecule is CC[C@H](C(=O)N1CCN(C(c2ccc(F)cc2)c2ccc(F)cc2)CC1)c1ccccc1. The zero-order chi connectivity index (χ0) is 22.5. The minimum absolute atomic E-state index is 0.121. The van der Waals surface area contributed by atoms with Crippen molar-refractivity contribution in [2.24, 2.45) is 0 Å². The van der Waals surface area contributed by atoms with E-state index < -0.39 is 0 Å². The highest BCUT2D eigenvalue weighted by atomic mass is 19.1. The van der Waals surface area contributed by atoms with E-state index in [1.165, 1.54) is 24.3 Å². The van der Waals surface area contributed by atoms with Crippen molar-refractivity contribution in [1.82, 2.24) is 9.80 Å². The van der Waals surface area contributed by atoms with Crippen LogP contribution in [-0.4, -0.2) is 41.9 Å². The van der Waals surface area contributed by atoms with Gasteiger partial charge in [-0.05, 0) is 47.4 Å². The highest BCUT2D eigenvalue weighted by Gasteiger charge is 2.31. The second kappa shape index (κ2) is 10.0. The highest BCUT2D eigenvalue weighted by molar-refractivity contribution is 5.83. The summed E-state index contributed by atoms with van der Waals surface area (Å²) >= 11 is 0. The Hall–Kier alpha value is -3.05. The van der Waals surface area contributed by atoms with Gasteiger partial charge in [-0.25, -0.2) is 8.78 Å². The Morgan fingerprint density at radius 3 is 1.72 bits per heavy atom. The van der Waals surface area contributed by atoms with Crippen molar-refractivity contribution >= 4 is 5.91 Å². The number of carbonyl (C=O) groups excluding carboxylic acids is 1. The molecule has 5 heteroatoms. The predicted molar refractivity (Wildman–Crippen MR) is 122 cm³/mol. The fourth-order valence-electron chi connectivity index (χ4n) is 4.56. The van der Waals surface area contributed by atoms with Crippen LogP contribution in [0.25, 0.3) is 0 Å². The molecule has 1 fully saturated rings. The number of piperazine rings is 1. The third-order valence-corrected chi connectivity index (χ3v) is 6.27. The molecule has 1 heterocycles. The Kier molecular flexibility index (Phi) is 6.96. The molecule has 0 aromatic heterocycles. The molecule has 1 atom stereocenters. The second-order valence-corrected chi connectivity index (χ2v) is 8.24. The third kappa shape index (κ3) is 4.89. The molecule has 0 N–H and O–H groups in total. The number of halogens is 2. The lowest BCUT2D eigenvalue weighted by molar-refractivity contribution is -0.134. The van der Waals surface area contributed by atoms with Crippen molar-refractivity contribution in [2.75, 3.05) is 26.2 Å². The number of carbonyl (C=O) groups is 1. The lowest BCUT2D eigenvalue weighted by atomic mass is 9.94. The van der Waals surface area contributed by atoms with Gasteiger partial charge >= 0.3 is 0 Å². The first kappa shape index (κ1) is 22.2. The second-order valence-electron chi connectivity index (χ2n) is 8.24. The summed E-state index contributed by atoms with van der Waals surface area (Å²) in [5.74, 6) is -0.534. The normalized spacial score (nSPS) is 15.7. The van der Waals surface area contributed by atoms with E-state index in [-0.39, 0.29) is 29.5 Å². The van der Waals surface area contributed by atoms with Crippen LogP contribution in [0, 0.1) is 11.6 Å². The molecular weight excluding hydrogens is 406 g/mol. The fourth-order valence-corrected chi connectivity index (χ4v) is 4.56. The Labute approximate surface area is 188 Å². The van der Waals surface area contributed by atoms with Crippen molar-refractivity contribution in [1.29, 1.82) is 0 Å². The van der Waals surface area contributed by atoms with Crippen LogP contribution in [0.1, 0.15) is 42.0 Å². The molecule has 32 heavy (non-hydrogen) atoms. The van der Waals surface area contributed by atoms with E-state index in [0.29, 0.717) is 26.2 Å². The third-order valence-electron chi connectivity index (χ3n) is 6.27. The van der Waals surface area contributed by atoms with Crippen molar-refractivity contribution in [3.05, 3.63) is 107 Å². The van der Waals surface area contributed by atoms with Gasteiger partial charge in [0, 0.05) is 26.2 Å². The first-order chi connectivity index (χ1) is 15.6. The topological polar surface area (TPSA) is 23.6 Å². The largest absolute Gasteiger partial charge is 0.340 e. The standard InChI is InChI=1S/C27H28F2N2O/c1-2-25(20-6-4-3-5-7-20)27(32)31-18-16-30(17-19-31)26(21-8-12-23(28)13-9-21)22-10-14-24(29)15-11-22/h3-15,25-26H,2,16-19H2,1H3/t25-/m0/s1. The number of amides is 1. The van der Waals surface area contributed by atoms with E-state index in [4.69, 9.17) is 0 Å². The minimum Gasteiger partial charge on any atom is -0.340 e. The summed E-state index contributed by atoms with van der Waals surface area (Å²) in [6, 6.07) is 22.8. The summed E-state index contributed by atoms with van der Waals surface area (Å²) in [7, 11) is 0. The van der Waals surface area contributed by atoms with Gasteiger partial charge in [0.2, 0.25) is 5.91 Å². The maximum atomic E-state index is 13.5. The summed E-state index contributed by atoms with van der Waals surface area (Å²) in [6.45, 7) is 4.68. The van der Waals surface area contributed by atoms with Gasteiger partial charge in [-0.1, -0.05) is 61.5 Å². The molecular formula is C27H28F2N2O. The number of hydrogen-bond acceptors (Lipinski definition) is 2. The Morgan fingerprint density at radius 1 is 0.750 bits per heavy atom. The quantitative estimate of drug-likeness (QED) is 0.519. The van der Waals surface area contributed by atoms with Crippen LogP contribution < -0.4 is 0 Å². The molecule has 3 nitrogen and oxygen atoms in total. The first-order valence-electron chi connectivity index (χ1n) is 11.2. The van der Waals surface area contributed by atoms with E-state index in [1.54, 1.807) is 24.3 Å². The van der Waals surface area contributed by atoms with Gasteiger partial charge in [0.15, 0.2) is 0 Å². The minimum atomic E-state index is -0.284. The summed E-state index contributed by atoms with van der Waals surface area (Å²) in [5, 5.41) is 0. The first-order valence-corrected chi connectivity index (χ1v) is 11.2. The van der Waals surface area contributed by atoms with Crippen LogP contribution in [0.15, 0.2) is 78.9 Å². The van der Waals surface area contributed by atoms with Crippen LogP contribution in [0.2, 0.25) is 0 Å². The average molecular weight is 435 g/mol. The summed E-state index contributed by atoms with van der Waals surface area (Å²) in [5.41, 5.74) is 2.96. The Balaban J connectivity index is 1.51. The van der Waals surface area contributed by atoms with Gasteiger partial charge in [-0.3, -0.25) is 9.69 Å². The molecule has 0 spiro atoms. The van der Waals surface area contributed by atoms with Gasteiger partial charge in [-0.2, -0.15) is 0 Å². The zero-order valence-electron chi connectivity index (χ0n) is 18.3. The lowest BCUT2D eigenvalue weighted by Crippen LogP contribution is -2.51. The molecule has 0 unspecified atom stereocenters. The van der Waals surface area contributed by atoms with Gasteiger partial charge in [-0.15, -0.1) is 0 Å². The van der Waals surface area contributed by atoms with E-state index in [1.807, 2.05) is 42.2 Å². The highest BCUT2D eigenvalue weighted by Crippen LogP contribution is 2.31. The van der Waals surface area contributed by atoms with Crippen molar-refractivity contribution in [3.8, 4) is 0 Å². The molecule has 0 bridgehead atoms. The van der Waals surface area contributed by atoms with Crippen molar-refractivity contribution in [2.45, 2.75) is 25.3 Å². The molecule has 1 aliphatic heterocycles. The summed E-state index contributed by atoms with van der Waals surface area (Å²) in [6.07, 6.45) is 0.761. The zero-order valence-corrected chi connectivity index (χ0v) is 18.3. The molecule has 3 aromatic carbocycles. The molecule has 0 aliphatic carbocycles. The summed E-state index contributed by atoms with van der Waals surface area (Å²) in [4.78, 5) is 17.5. The van der Waals surface area contributed by atoms with Gasteiger partial charge < -0.3 is 4.90 Å². The van der Waals surface area contributed by atoms with E-state index in [2.05, 4.69) is 4.90 Å². The maximum Gasteiger partial charge on any atom is 0.230 e. The molecule has 1 aliphatic rings. The molecule has 3 aromatic rings. The predicted octanol–water partition coefficient (Wildman–Crippen LogP) is 5.39. The van der Waals surface area contributed by atoms with Gasteiger partial charge in [0.1, 0.15) is 11.6 Å². The van der Waals surface area contributed by atoms with Crippen LogP contribution in [-0.2, 0) is 4.79 Å². The smallest absolute Gasteiger partial charge is 0.230 e. The molecule has 0 saturated carbocycles. The van der Waals surface area contributed by atoms with Crippen LogP contribution in [0.3, 0.4) is 0 Å². The number of benzene rings is 3. The van der Waals surface area contributed by atoms with Gasteiger partial charge in [0.25, 0.3) is 0 Å².